The normalized spacial score (nSPS) is 10.8. The van der Waals surface area contributed by atoms with Gasteiger partial charge in [0.05, 0.1) is 12.0 Å². The maximum atomic E-state index is 11.9. The van der Waals surface area contributed by atoms with Crippen molar-refractivity contribution in [3.8, 4) is 5.75 Å². The van der Waals surface area contributed by atoms with Crippen LogP contribution in [0.1, 0.15) is 15.2 Å². The second kappa shape index (κ2) is 5.98. The molecule has 0 aliphatic rings. The Labute approximate surface area is 118 Å². The number of methoxy groups -OCH3 is 1. The summed E-state index contributed by atoms with van der Waals surface area (Å²) in [5.41, 5.74) is 0.893. The molecule has 2 nitrogen and oxygen atoms in total. The van der Waals surface area contributed by atoms with Gasteiger partial charge in [-0.05, 0) is 40.2 Å². The highest BCUT2D eigenvalue weighted by Gasteiger charge is 2.05. The van der Waals surface area contributed by atoms with Gasteiger partial charge in [-0.15, -0.1) is 11.3 Å². The highest BCUT2D eigenvalue weighted by atomic mass is 79.9. The van der Waals surface area contributed by atoms with Crippen molar-refractivity contribution in [1.29, 1.82) is 0 Å². The maximum absolute atomic E-state index is 11.9. The predicted octanol–water partition coefficient (Wildman–Crippen LogP) is 4.42. The lowest BCUT2D eigenvalue weighted by molar-refractivity contribution is 0.105. The fourth-order valence-electron chi connectivity index (χ4n) is 1.49. The Hall–Kier alpha value is -1.39. The van der Waals surface area contributed by atoms with E-state index in [4.69, 9.17) is 4.74 Å². The number of thiophene rings is 1. The fourth-order valence-corrected chi connectivity index (χ4v) is 2.84. The molecule has 0 radical (unpaired) electrons. The SMILES string of the molecule is COc1ccccc1/C=C/C(=O)c1cc(Br)cs1. The van der Waals surface area contributed by atoms with E-state index in [1.165, 1.54) is 11.3 Å². The first kappa shape index (κ1) is 13.1. The summed E-state index contributed by atoms with van der Waals surface area (Å²) in [6, 6.07) is 9.40. The van der Waals surface area contributed by atoms with Crippen LogP contribution in [0.4, 0.5) is 0 Å². The van der Waals surface area contributed by atoms with Gasteiger partial charge in [0, 0.05) is 15.4 Å². The Morgan fingerprint density at radius 1 is 1.39 bits per heavy atom. The highest BCUT2D eigenvalue weighted by molar-refractivity contribution is 9.10. The standard InChI is InChI=1S/C14H11BrO2S/c1-17-13-5-3-2-4-10(13)6-7-12(16)14-8-11(15)9-18-14/h2-9H,1H3/b7-6+. The average molecular weight is 323 g/mol. The number of allylic oxidation sites excluding steroid dienone is 1. The molecule has 2 rings (SSSR count). The van der Waals surface area contributed by atoms with Crippen molar-refractivity contribution in [2.24, 2.45) is 0 Å². The van der Waals surface area contributed by atoms with Crippen LogP contribution in [0.5, 0.6) is 5.75 Å². The van der Waals surface area contributed by atoms with E-state index in [1.54, 1.807) is 19.3 Å². The van der Waals surface area contributed by atoms with E-state index in [0.717, 1.165) is 15.8 Å². The topological polar surface area (TPSA) is 26.3 Å². The van der Waals surface area contributed by atoms with E-state index in [1.807, 2.05) is 35.7 Å². The maximum Gasteiger partial charge on any atom is 0.195 e. The number of halogens is 1. The first-order valence-electron chi connectivity index (χ1n) is 5.30. The molecular formula is C14H11BrO2S. The number of para-hydroxylation sites is 1. The molecule has 92 valence electrons. The third kappa shape index (κ3) is 3.09. The molecule has 0 fully saturated rings. The van der Waals surface area contributed by atoms with Crippen LogP contribution in [0.25, 0.3) is 6.08 Å². The van der Waals surface area contributed by atoms with Crippen molar-refractivity contribution in [1.82, 2.24) is 0 Å². The molecule has 0 aliphatic carbocycles. The zero-order valence-electron chi connectivity index (χ0n) is 9.72. The molecule has 0 amide bonds. The Kier molecular flexibility index (Phi) is 4.33. The molecule has 0 bridgehead atoms. The Morgan fingerprint density at radius 2 is 2.17 bits per heavy atom. The van der Waals surface area contributed by atoms with E-state index < -0.39 is 0 Å². The average Bonchev–Trinajstić information content (AvgIpc) is 2.83. The van der Waals surface area contributed by atoms with Crippen molar-refractivity contribution < 1.29 is 9.53 Å². The van der Waals surface area contributed by atoms with Crippen LogP contribution in [0.2, 0.25) is 0 Å². The third-order valence-electron chi connectivity index (χ3n) is 2.36. The summed E-state index contributed by atoms with van der Waals surface area (Å²) in [6.45, 7) is 0. The Morgan fingerprint density at radius 3 is 2.83 bits per heavy atom. The number of rotatable bonds is 4. The van der Waals surface area contributed by atoms with Crippen molar-refractivity contribution in [2.45, 2.75) is 0 Å². The van der Waals surface area contributed by atoms with E-state index >= 15 is 0 Å². The molecule has 1 heterocycles. The van der Waals surface area contributed by atoms with E-state index in [0.29, 0.717) is 4.88 Å². The van der Waals surface area contributed by atoms with Gasteiger partial charge < -0.3 is 4.74 Å². The highest BCUT2D eigenvalue weighted by Crippen LogP contribution is 2.22. The lowest BCUT2D eigenvalue weighted by Crippen LogP contribution is -1.90. The van der Waals surface area contributed by atoms with Gasteiger partial charge in [0.2, 0.25) is 0 Å². The van der Waals surface area contributed by atoms with Gasteiger partial charge in [-0.3, -0.25) is 4.79 Å². The van der Waals surface area contributed by atoms with Crippen LogP contribution in [0.15, 0.2) is 46.3 Å². The Bertz CT molecular complexity index is 587. The number of ketones is 1. The minimum Gasteiger partial charge on any atom is -0.496 e. The van der Waals surface area contributed by atoms with Crippen molar-refractivity contribution in [3.05, 3.63) is 56.7 Å². The van der Waals surface area contributed by atoms with Gasteiger partial charge in [-0.25, -0.2) is 0 Å². The van der Waals surface area contributed by atoms with Gasteiger partial charge in [0.25, 0.3) is 0 Å². The number of carbonyl (C=O) groups excluding carboxylic acids is 1. The number of carbonyl (C=O) groups is 1. The summed E-state index contributed by atoms with van der Waals surface area (Å²) in [5, 5.41) is 1.89. The molecule has 18 heavy (non-hydrogen) atoms. The smallest absolute Gasteiger partial charge is 0.195 e. The summed E-state index contributed by atoms with van der Waals surface area (Å²) in [5.74, 6) is 0.755. The van der Waals surface area contributed by atoms with E-state index in [2.05, 4.69) is 15.9 Å². The fraction of sp³-hybridized carbons (Fsp3) is 0.0714. The predicted molar refractivity (Wildman–Crippen MR) is 78.4 cm³/mol. The zero-order valence-corrected chi connectivity index (χ0v) is 12.1. The molecule has 0 spiro atoms. The van der Waals surface area contributed by atoms with Gasteiger partial charge in [0.15, 0.2) is 5.78 Å². The minimum atomic E-state index is -0.00314. The van der Waals surface area contributed by atoms with Crippen molar-refractivity contribution in [2.75, 3.05) is 7.11 Å². The van der Waals surface area contributed by atoms with Gasteiger partial charge >= 0.3 is 0 Å². The summed E-state index contributed by atoms with van der Waals surface area (Å²) >= 11 is 4.76. The van der Waals surface area contributed by atoms with Crippen LogP contribution < -0.4 is 4.74 Å². The van der Waals surface area contributed by atoms with Gasteiger partial charge in [-0.1, -0.05) is 18.2 Å². The van der Waals surface area contributed by atoms with Crippen LogP contribution in [-0.4, -0.2) is 12.9 Å². The number of hydrogen-bond acceptors (Lipinski definition) is 3. The minimum absolute atomic E-state index is 0.00314. The summed E-state index contributed by atoms with van der Waals surface area (Å²) < 4.78 is 6.15. The zero-order chi connectivity index (χ0) is 13.0. The summed E-state index contributed by atoms with van der Waals surface area (Å²) in [7, 11) is 1.62. The molecule has 1 aromatic heterocycles. The third-order valence-corrected chi connectivity index (χ3v) is 4.07. The molecule has 0 atom stereocenters. The van der Waals surface area contributed by atoms with Crippen molar-refractivity contribution in [3.63, 3.8) is 0 Å². The number of ether oxygens (including phenoxy) is 1. The van der Waals surface area contributed by atoms with Crippen LogP contribution in [0.3, 0.4) is 0 Å². The van der Waals surface area contributed by atoms with Crippen LogP contribution >= 0.6 is 27.3 Å². The lowest BCUT2D eigenvalue weighted by atomic mass is 10.1. The van der Waals surface area contributed by atoms with Gasteiger partial charge in [-0.2, -0.15) is 0 Å². The second-order valence-electron chi connectivity index (χ2n) is 3.57. The van der Waals surface area contributed by atoms with Gasteiger partial charge in [0.1, 0.15) is 5.75 Å². The van der Waals surface area contributed by atoms with Crippen LogP contribution in [-0.2, 0) is 0 Å². The lowest BCUT2D eigenvalue weighted by Gasteiger charge is -2.02. The molecule has 0 N–H and O–H groups in total. The monoisotopic (exact) mass is 322 g/mol. The summed E-state index contributed by atoms with van der Waals surface area (Å²) in [6.07, 6.45) is 3.34. The molecule has 4 heteroatoms. The molecule has 0 aliphatic heterocycles. The Balaban J connectivity index is 2.18. The quantitative estimate of drug-likeness (QED) is 0.615. The van der Waals surface area contributed by atoms with E-state index in [-0.39, 0.29) is 5.78 Å². The molecule has 0 saturated carbocycles. The molecule has 0 unspecified atom stereocenters. The molecule has 2 aromatic rings. The number of benzene rings is 1. The number of hydrogen-bond donors (Lipinski definition) is 0. The first-order chi connectivity index (χ1) is 8.70. The first-order valence-corrected chi connectivity index (χ1v) is 6.97. The second-order valence-corrected chi connectivity index (χ2v) is 5.40. The van der Waals surface area contributed by atoms with E-state index in [9.17, 15) is 4.79 Å². The summed E-state index contributed by atoms with van der Waals surface area (Å²) in [4.78, 5) is 12.6. The largest absolute Gasteiger partial charge is 0.496 e. The molecule has 1 aromatic carbocycles. The molecule has 0 saturated heterocycles. The van der Waals surface area contributed by atoms with Crippen LogP contribution in [0, 0.1) is 0 Å². The van der Waals surface area contributed by atoms with Crippen molar-refractivity contribution >= 4 is 39.1 Å². The molecular weight excluding hydrogens is 312 g/mol.